The van der Waals surface area contributed by atoms with Crippen molar-refractivity contribution in [2.24, 2.45) is 0 Å². The highest BCUT2D eigenvalue weighted by molar-refractivity contribution is 4.75. The summed E-state index contributed by atoms with van der Waals surface area (Å²) in [6, 6.07) is 0.188. The van der Waals surface area contributed by atoms with Crippen LogP contribution in [-0.4, -0.2) is 28.1 Å². The number of hydrogen-bond acceptors (Lipinski definition) is 5. The first-order valence-corrected chi connectivity index (χ1v) is 5.49. The van der Waals surface area contributed by atoms with Crippen LogP contribution in [0.5, 0.6) is 0 Å². The van der Waals surface area contributed by atoms with Crippen LogP contribution in [0.1, 0.15) is 39.0 Å². The molecule has 7 heteroatoms. The maximum atomic E-state index is 10.7. The third-order valence-electron chi connectivity index (χ3n) is 3.12. The predicted octanol–water partition coefficient (Wildman–Crippen LogP) is 1.18. The van der Waals surface area contributed by atoms with E-state index < -0.39 is 15.5 Å². The van der Waals surface area contributed by atoms with Crippen LogP contribution < -0.4 is 5.32 Å². The molecule has 1 rings (SSSR count). The van der Waals surface area contributed by atoms with E-state index in [2.05, 4.69) is 5.32 Å². The SMILES string of the molecule is CC(CNC1CCCCC1)([N+](=O)[O-])[N+](=O)[O-]. The summed E-state index contributed by atoms with van der Waals surface area (Å²) >= 11 is 0. The molecule has 0 atom stereocenters. The molecule has 1 N–H and O–H groups in total. The minimum Gasteiger partial charge on any atom is -0.301 e. The van der Waals surface area contributed by atoms with Crippen LogP contribution in [0.4, 0.5) is 0 Å². The highest BCUT2D eigenvalue weighted by Crippen LogP contribution is 2.18. The minimum atomic E-state index is -2.11. The largest absolute Gasteiger partial charge is 0.467 e. The molecule has 7 nitrogen and oxygen atoms in total. The normalized spacial score (nSPS) is 18.3. The third-order valence-corrected chi connectivity index (χ3v) is 3.12. The highest BCUT2D eigenvalue weighted by Gasteiger charge is 2.50. The van der Waals surface area contributed by atoms with Crippen molar-refractivity contribution in [3.05, 3.63) is 20.2 Å². The van der Waals surface area contributed by atoms with E-state index in [0.29, 0.717) is 0 Å². The van der Waals surface area contributed by atoms with Crippen LogP contribution in [0.25, 0.3) is 0 Å². The molecule has 0 amide bonds. The summed E-state index contributed by atoms with van der Waals surface area (Å²) in [5.41, 5.74) is -2.11. The average molecular weight is 231 g/mol. The molecule has 0 aromatic carbocycles. The van der Waals surface area contributed by atoms with Crippen LogP contribution in [0.3, 0.4) is 0 Å². The lowest BCUT2D eigenvalue weighted by Crippen LogP contribution is -2.53. The van der Waals surface area contributed by atoms with E-state index in [4.69, 9.17) is 0 Å². The first-order valence-electron chi connectivity index (χ1n) is 5.49. The smallest absolute Gasteiger partial charge is 0.301 e. The monoisotopic (exact) mass is 231 g/mol. The van der Waals surface area contributed by atoms with Gasteiger partial charge in [-0.15, -0.1) is 0 Å². The Bertz CT molecular complexity index is 262. The summed E-state index contributed by atoms with van der Waals surface area (Å²) in [7, 11) is 0. The molecule has 0 saturated heterocycles. The van der Waals surface area contributed by atoms with Gasteiger partial charge in [-0.2, -0.15) is 0 Å². The standard InChI is InChI=1S/C9H17N3O4/c1-9(11(13)14,12(15)16)7-10-8-5-3-2-4-6-8/h8,10H,2-7H2,1H3. The van der Waals surface area contributed by atoms with Gasteiger partial charge in [0.1, 0.15) is 6.54 Å². The zero-order valence-electron chi connectivity index (χ0n) is 9.35. The van der Waals surface area contributed by atoms with Gasteiger partial charge in [0.2, 0.25) is 0 Å². The molecule has 1 aliphatic rings. The van der Waals surface area contributed by atoms with Gasteiger partial charge < -0.3 is 5.32 Å². The molecule has 1 fully saturated rings. The fourth-order valence-electron chi connectivity index (χ4n) is 1.84. The topological polar surface area (TPSA) is 98.3 Å². The zero-order chi connectivity index (χ0) is 12.2. The molecule has 16 heavy (non-hydrogen) atoms. The lowest BCUT2D eigenvalue weighted by molar-refractivity contribution is -0.789. The fourth-order valence-corrected chi connectivity index (χ4v) is 1.84. The van der Waals surface area contributed by atoms with Crippen LogP contribution in [0.2, 0.25) is 0 Å². The van der Waals surface area contributed by atoms with Crippen molar-refractivity contribution >= 4 is 0 Å². The van der Waals surface area contributed by atoms with Gasteiger partial charge >= 0.3 is 5.66 Å². The quantitative estimate of drug-likeness (QED) is 0.435. The van der Waals surface area contributed by atoms with Crippen LogP contribution in [0.15, 0.2) is 0 Å². The van der Waals surface area contributed by atoms with Gasteiger partial charge in [0, 0.05) is 6.04 Å². The molecule has 0 aromatic rings. The van der Waals surface area contributed by atoms with Gasteiger partial charge in [-0.3, -0.25) is 20.2 Å². The van der Waals surface area contributed by atoms with Crippen LogP contribution >= 0.6 is 0 Å². The minimum absolute atomic E-state index is 0.188. The van der Waals surface area contributed by atoms with Gasteiger partial charge in [-0.05, 0) is 12.8 Å². The molecule has 0 radical (unpaired) electrons. The van der Waals surface area contributed by atoms with Crippen molar-refractivity contribution in [2.45, 2.75) is 50.7 Å². The zero-order valence-corrected chi connectivity index (χ0v) is 9.35. The maximum absolute atomic E-state index is 10.7. The maximum Gasteiger partial charge on any atom is 0.467 e. The summed E-state index contributed by atoms with van der Waals surface area (Å²) < 4.78 is 0. The Hall–Kier alpha value is -1.24. The van der Waals surface area contributed by atoms with Crippen LogP contribution in [-0.2, 0) is 0 Å². The van der Waals surface area contributed by atoms with Crippen molar-refractivity contribution in [1.82, 2.24) is 5.32 Å². The van der Waals surface area contributed by atoms with Crippen molar-refractivity contribution in [3.8, 4) is 0 Å². The molecule has 1 saturated carbocycles. The van der Waals surface area contributed by atoms with Crippen molar-refractivity contribution in [1.29, 1.82) is 0 Å². The van der Waals surface area contributed by atoms with Gasteiger partial charge in [-0.1, -0.05) is 19.3 Å². The van der Waals surface area contributed by atoms with E-state index in [9.17, 15) is 20.2 Å². The molecule has 0 unspecified atom stereocenters. The second kappa shape index (κ2) is 5.20. The Morgan fingerprint density at radius 2 is 1.69 bits per heavy atom. The molecule has 0 spiro atoms. The Labute approximate surface area is 93.5 Å². The van der Waals surface area contributed by atoms with Crippen LogP contribution in [0, 0.1) is 20.2 Å². The average Bonchev–Trinajstić information content (AvgIpc) is 2.26. The second-order valence-electron chi connectivity index (χ2n) is 4.45. The molecular formula is C9H17N3O4. The van der Waals surface area contributed by atoms with Gasteiger partial charge in [0.25, 0.3) is 0 Å². The summed E-state index contributed by atoms with van der Waals surface area (Å²) in [6.07, 6.45) is 5.26. The van der Waals surface area contributed by atoms with E-state index in [0.717, 1.165) is 32.6 Å². The summed E-state index contributed by atoms with van der Waals surface area (Å²) in [4.78, 5) is 19.7. The fraction of sp³-hybridized carbons (Fsp3) is 1.00. The molecule has 0 heterocycles. The first kappa shape index (κ1) is 12.8. The van der Waals surface area contributed by atoms with Gasteiger partial charge in [-0.25, -0.2) is 0 Å². The van der Waals surface area contributed by atoms with E-state index in [1.54, 1.807) is 0 Å². The molecule has 92 valence electrons. The molecule has 0 bridgehead atoms. The summed E-state index contributed by atoms with van der Waals surface area (Å²) in [5.74, 6) is 0. The van der Waals surface area contributed by atoms with E-state index >= 15 is 0 Å². The Morgan fingerprint density at radius 3 is 2.12 bits per heavy atom. The third kappa shape index (κ3) is 2.88. The molecule has 1 aliphatic carbocycles. The van der Waals surface area contributed by atoms with E-state index in [-0.39, 0.29) is 12.6 Å². The summed E-state index contributed by atoms with van der Waals surface area (Å²) in [5, 5.41) is 24.3. The number of nitrogens with zero attached hydrogens (tertiary/aromatic N) is 2. The number of nitro groups is 2. The first-order chi connectivity index (χ1) is 7.47. The Kier molecular flexibility index (Phi) is 4.17. The van der Waals surface area contributed by atoms with E-state index in [1.165, 1.54) is 6.42 Å². The highest BCUT2D eigenvalue weighted by atomic mass is 16.7. The molecule has 0 aromatic heterocycles. The predicted molar refractivity (Wildman–Crippen MR) is 57.3 cm³/mol. The Morgan fingerprint density at radius 1 is 1.19 bits per heavy atom. The van der Waals surface area contributed by atoms with Gasteiger partial charge in [0.15, 0.2) is 0 Å². The number of hydrogen-bond donors (Lipinski definition) is 1. The molecular weight excluding hydrogens is 214 g/mol. The number of rotatable bonds is 5. The Balaban J connectivity index is 2.49. The molecule has 0 aliphatic heterocycles. The van der Waals surface area contributed by atoms with Crippen molar-refractivity contribution < 1.29 is 9.85 Å². The summed E-state index contributed by atoms with van der Waals surface area (Å²) in [6.45, 7) is 0.834. The lowest BCUT2D eigenvalue weighted by atomic mass is 9.95. The van der Waals surface area contributed by atoms with E-state index in [1.807, 2.05) is 0 Å². The number of nitrogens with one attached hydrogen (secondary N) is 1. The van der Waals surface area contributed by atoms with Crippen molar-refractivity contribution in [3.63, 3.8) is 0 Å². The lowest BCUT2D eigenvalue weighted by Gasteiger charge is -2.24. The second-order valence-corrected chi connectivity index (χ2v) is 4.45. The van der Waals surface area contributed by atoms with Gasteiger partial charge in [0.05, 0.1) is 16.8 Å². The van der Waals surface area contributed by atoms with Crippen molar-refractivity contribution in [2.75, 3.05) is 6.54 Å².